The van der Waals surface area contributed by atoms with Gasteiger partial charge >= 0.3 is 0 Å². The molecule has 114 valence electrons. The van der Waals surface area contributed by atoms with E-state index in [1.54, 1.807) is 6.33 Å². The number of halogens is 1. The van der Waals surface area contributed by atoms with Crippen molar-refractivity contribution in [3.05, 3.63) is 46.0 Å². The molecule has 0 aliphatic heterocycles. The number of hydrogen-bond donors (Lipinski definition) is 1. The van der Waals surface area contributed by atoms with Gasteiger partial charge in [-0.15, -0.1) is 10.2 Å². The second-order valence-electron chi connectivity index (χ2n) is 5.99. The van der Waals surface area contributed by atoms with Crippen LogP contribution < -0.4 is 0 Å². The molecule has 1 N–H and O–H groups in total. The van der Waals surface area contributed by atoms with Gasteiger partial charge in [-0.25, -0.2) is 0 Å². The molecule has 0 amide bonds. The molecule has 5 nitrogen and oxygen atoms in total. The summed E-state index contributed by atoms with van der Waals surface area (Å²) in [7, 11) is 1.94. The Bertz CT molecular complexity index is 728. The molecule has 1 heterocycles. The molecule has 1 aromatic heterocycles. The van der Waals surface area contributed by atoms with Crippen LogP contribution in [0.25, 0.3) is 0 Å². The Balaban J connectivity index is 2.06. The highest BCUT2D eigenvalue weighted by Crippen LogP contribution is 2.53. The summed E-state index contributed by atoms with van der Waals surface area (Å²) >= 11 is 3.52. The van der Waals surface area contributed by atoms with Gasteiger partial charge < -0.3 is 9.67 Å². The maximum atomic E-state index is 9.47. The monoisotopic (exact) mass is 360 g/mol. The van der Waals surface area contributed by atoms with E-state index in [0.29, 0.717) is 12.3 Å². The van der Waals surface area contributed by atoms with Crippen LogP contribution in [0.2, 0.25) is 0 Å². The SMILES string of the molecule is Cn1cnnc1C1(c2cc(Br)cc(CO)c2)CC(CC#N)C1. The van der Waals surface area contributed by atoms with E-state index in [9.17, 15) is 5.11 Å². The summed E-state index contributed by atoms with van der Waals surface area (Å²) in [5.41, 5.74) is 1.77. The zero-order valence-electron chi connectivity index (χ0n) is 12.3. The van der Waals surface area contributed by atoms with Crippen molar-refractivity contribution in [1.29, 1.82) is 5.26 Å². The van der Waals surface area contributed by atoms with Gasteiger partial charge in [0.25, 0.3) is 0 Å². The fourth-order valence-corrected chi connectivity index (χ4v) is 4.02. The highest BCUT2D eigenvalue weighted by molar-refractivity contribution is 9.10. The van der Waals surface area contributed by atoms with Crippen LogP contribution in [-0.2, 0) is 19.1 Å². The molecule has 1 aliphatic carbocycles. The predicted octanol–water partition coefficient (Wildman–Crippen LogP) is 2.68. The zero-order chi connectivity index (χ0) is 15.7. The van der Waals surface area contributed by atoms with Gasteiger partial charge in [0.1, 0.15) is 12.2 Å². The third-order valence-electron chi connectivity index (χ3n) is 4.49. The molecule has 0 atom stereocenters. The van der Waals surface area contributed by atoms with Crippen molar-refractivity contribution < 1.29 is 5.11 Å². The summed E-state index contributed by atoms with van der Waals surface area (Å²) in [5.74, 6) is 1.31. The quantitative estimate of drug-likeness (QED) is 0.909. The van der Waals surface area contributed by atoms with Gasteiger partial charge in [0.05, 0.1) is 18.1 Å². The molecule has 1 fully saturated rings. The number of aliphatic hydroxyl groups is 1. The molecule has 2 aromatic rings. The van der Waals surface area contributed by atoms with Gasteiger partial charge in [0, 0.05) is 17.9 Å². The minimum Gasteiger partial charge on any atom is -0.392 e. The lowest BCUT2D eigenvalue weighted by Gasteiger charge is -2.46. The van der Waals surface area contributed by atoms with E-state index in [-0.39, 0.29) is 12.0 Å². The Morgan fingerprint density at radius 1 is 1.45 bits per heavy atom. The maximum Gasteiger partial charge on any atom is 0.143 e. The molecule has 0 saturated heterocycles. The number of benzene rings is 1. The fourth-order valence-electron chi connectivity index (χ4n) is 3.48. The highest BCUT2D eigenvalue weighted by atomic mass is 79.9. The van der Waals surface area contributed by atoms with Crippen molar-refractivity contribution >= 4 is 15.9 Å². The maximum absolute atomic E-state index is 9.47. The number of aliphatic hydroxyl groups excluding tert-OH is 1. The third kappa shape index (κ3) is 2.44. The van der Waals surface area contributed by atoms with Crippen molar-refractivity contribution in [2.24, 2.45) is 13.0 Å². The normalized spacial score (nSPS) is 23.8. The average Bonchev–Trinajstić information content (AvgIpc) is 2.88. The van der Waals surface area contributed by atoms with Crippen molar-refractivity contribution in [1.82, 2.24) is 14.8 Å². The summed E-state index contributed by atoms with van der Waals surface area (Å²) in [6.45, 7) is 0.00294. The van der Waals surface area contributed by atoms with Crippen molar-refractivity contribution in [2.45, 2.75) is 31.3 Å². The van der Waals surface area contributed by atoms with Crippen LogP contribution in [0.1, 0.15) is 36.2 Å². The lowest BCUT2D eigenvalue weighted by Crippen LogP contribution is -2.44. The summed E-state index contributed by atoms with van der Waals surface area (Å²) < 4.78 is 2.89. The van der Waals surface area contributed by atoms with Crippen molar-refractivity contribution in [3.63, 3.8) is 0 Å². The number of aromatic nitrogens is 3. The van der Waals surface area contributed by atoms with E-state index in [0.717, 1.165) is 34.3 Å². The molecule has 0 unspecified atom stereocenters. The Morgan fingerprint density at radius 3 is 2.82 bits per heavy atom. The first-order valence-electron chi connectivity index (χ1n) is 7.21. The van der Waals surface area contributed by atoms with Crippen molar-refractivity contribution in [3.8, 4) is 6.07 Å². The van der Waals surface area contributed by atoms with E-state index in [2.05, 4.69) is 38.3 Å². The fraction of sp³-hybridized carbons (Fsp3) is 0.438. The number of rotatable bonds is 4. The molecule has 22 heavy (non-hydrogen) atoms. The van der Waals surface area contributed by atoms with Crippen LogP contribution in [0.5, 0.6) is 0 Å². The molecule has 3 rings (SSSR count). The summed E-state index contributed by atoms with van der Waals surface area (Å²) in [6.07, 6.45) is 4.04. The molecule has 0 bridgehead atoms. The minimum atomic E-state index is -0.222. The molecule has 0 spiro atoms. The Morgan fingerprint density at radius 2 is 2.23 bits per heavy atom. The molecule has 6 heteroatoms. The summed E-state index contributed by atoms with van der Waals surface area (Å²) in [6, 6.07) is 8.29. The summed E-state index contributed by atoms with van der Waals surface area (Å²) in [4.78, 5) is 0. The molecule has 1 aromatic carbocycles. The molecule has 1 saturated carbocycles. The highest BCUT2D eigenvalue weighted by Gasteiger charge is 2.49. The second kappa shape index (κ2) is 5.82. The average molecular weight is 361 g/mol. The standard InChI is InChI=1S/C16H17BrN4O/c1-21-10-19-20-15(21)16(7-11(8-16)2-3-18)13-4-12(9-22)5-14(17)6-13/h4-6,10-11,22H,2,7-9H2,1H3. The predicted molar refractivity (Wildman–Crippen MR) is 84.8 cm³/mol. The molecule has 0 radical (unpaired) electrons. The van der Waals surface area contributed by atoms with Gasteiger partial charge in [0.2, 0.25) is 0 Å². The van der Waals surface area contributed by atoms with Crippen LogP contribution >= 0.6 is 15.9 Å². The smallest absolute Gasteiger partial charge is 0.143 e. The second-order valence-corrected chi connectivity index (χ2v) is 6.91. The number of aryl methyl sites for hydroxylation is 1. The lowest BCUT2D eigenvalue weighted by molar-refractivity contribution is 0.171. The van der Waals surface area contributed by atoms with E-state index in [1.165, 1.54) is 0 Å². The minimum absolute atomic E-state index is 0.00294. The summed E-state index contributed by atoms with van der Waals surface area (Å²) in [5, 5.41) is 26.7. The zero-order valence-corrected chi connectivity index (χ0v) is 13.9. The Kier molecular flexibility index (Phi) is 4.02. The van der Waals surface area contributed by atoms with Gasteiger partial charge in [-0.05, 0) is 42.0 Å². The largest absolute Gasteiger partial charge is 0.392 e. The first-order chi connectivity index (χ1) is 10.6. The first kappa shape index (κ1) is 15.2. The van der Waals surface area contributed by atoms with Gasteiger partial charge in [-0.1, -0.05) is 22.0 Å². The van der Waals surface area contributed by atoms with Crippen LogP contribution in [0.4, 0.5) is 0 Å². The number of nitriles is 1. The molecular weight excluding hydrogens is 344 g/mol. The Labute approximate surface area is 137 Å². The molecular formula is C16H17BrN4O. The van der Waals surface area contributed by atoms with Gasteiger partial charge in [-0.2, -0.15) is 5.26 Å². The lowest BCUT2D eigenvalue weighted by atomic mass is 9.57. The third-order valence-corrected chi connectivity index (χ3v) is 4.94. The van der Waals surface area contributed by atoms with E-state index >= 15 is 0 Å². The van der Waals surface area contributed by atoms with Crippen LogP contribution in [0.3, 0.4) is 0 Å². The number of nitrogens with zero attached hydrogens (tertiary/aromatic N) is 4. The topological polar surface area (TPSA) is 74.7 Å². The first-order valence-corrected chi connectivity index (χ1v) is 8.00. The van der Waals surface area contributed by atoms with E-state index in [4.69, 9.17) is 5.26 Å². The van der Waals surface area contributed by atoms with Crippen LogP contribution in [-0.4, -0.2) is 19.9 Å². The van der Waals surface area contributed by atoms with Crippen LogP contribution in [0, 0.1) is 17.2 Å². The van der Waals surface area contributed by atoms with Crippen molar-refractivity contribution in [2.75, 3.05) is 0 Å². The van der Waals surface area contributed by atoms with Gasteiger partial charge in [-0.3, -0.25) is 0 Å². The van der Waals surface area contributed by atoms with E-state index in [1.807, 2.05) is 23.7 Å². The van der Waals surface area contributed by atoms with Crippen LogP contribution in [0.15, 0.2) is 29.0 Å². The molecule has 1 aliphatic rings. The van der Waals surface area contributed by atoms with E-state index < -0.39 is 0 Å². The Hall–Kier alpha value is -1.71. The number of hydrogen-bond acceptors (Lipinski definition) is 4. The van der Waals surface area contributed by atoms with Gasteiger partial charge in [0.15, 0.2) is 0 Å².